The molecule has 0 fully saturated rings. The fourth-order valence-corrected chi connectivity index (χ4v) is 1.38. The molecule has 6 nitrogen and oxygen atoms in total. The molecule has 0 aromatic carbocycles. The predicted molar refractivity (Wildman–Crippen MR) is 72.3 cm³/mol. The highest BCUT2D eigenvalue weighted by molar-refractivity contribution is 6.32. The molecule has 2 aromatic rings. The highest BCUT2D eigenvalue weighted by Gasteiger charge is 2.43. The number of anilines is 1. The molecule has 2 aromatic heterocycles. The molecule has 10 heteroatoms. The molecule has 0 aliphatic carbocycles. The van der Waals surface area contributed by atoms with Crippen LogP contribution in [0.25, 0.3) is 0 Å². The van der Waals surface area contributed by atoms with Crippen LogP contribution in [0, 0.1) is 0 Å². The van der Waals surface area contributed by atoms with Gasteiger partial charge in [0.15, 0.2) is 5.15 Å². The minimum Gasteiger partial charge on any atom is -0.282 e. The Morgan fingerprint density at radius 3 is 2.57 bits per heavy atom. The molecule has 0 unspecified atom stereocenters. The van der Waals surface area contributed by atoms with Gasteiger partial charge in [0.05, 0.1) is 0 Å². The molecular weight excluding hydrogens is 302 g/mol. The van der Waals surface area contributed by atoms with Crippen molar-refractivity contribution in [1.82, 2.24) is 20.6 Å². The van der Waals surface area contributed by atoms with Crippen molar-refractivity contribution < 1.29 is 13.6 Å². The summed E-state index contributed by atoms with van der Waals surface area (Å²) in [6.45, 7) is 0. The monoisotopic (exact) mass is 309 g/mol. The molecule has 0 saturated heterocycles. The lowest BCUT2D eigenvalue weighted by atomic mass is 9.99. The van der Waals surface area contributed by atoms with Crippen molar-refractivity contribution in [3.63, 3.8) is 0 Å². The largest absolute Gasteiger partial charge is 0.369 e. The number of amides is 1. The summed E-state index contributed by atoms with van der Waals surface area (Å²) < 4.78 is 27.6. The average molecular weight is 309 g/mol. The molecular formula is C11H7BClF2N5O. The van der Waals surface area contributed by atoms with Crippen LogP contribution in [-0.4, -0.2) is 28.9 Å². The second-order valence-electron chi connectivity index (χ2n) is 3.87. The molecule has 0 atom stereocenters. The minimum absolute atomic E-state index is 0.0563. The summed E-state index contributed by atoms with van der Waals surface area (Å²) in [6, 6.07) is 4.93. The molecule has 106 valence electrons. The van der Waals surface area contributed by atoms with Crippen molar-refractivity contribution >= 4 is 36.6 Å². The summed E-state index contributed by atoms with van der Waals surface area (Å²) in [5, 5.41) is 6.39. The normalized spacial score (nSPS) is 11.0. The summed E-state index contributed by atoms with van der Waals surface area (Å²) in [6.07, 6.45) is 1.30. The van der Waals surface area contributed by atoms with Gasteiger partial charge < -0.3 is 0 Å². The number of aromatic nitrogens is 3. The quantitative estimate of drug-likeness (QED) is 0.637. The Labute approximate surface area is 124 Å². The number of halogens is 3. The van der Waals surface area contributed by atoms with Gasteiger partial charge in [-0.05, 0) is 18.2 Å². The molecule has 1 amide bonds. The van der Waals surface area contributed by atoms with Gasteiger partial charge in [0.2, 0.25) is 0 Å². The Bertz CT molecular complexity index is 638. The molecule has 2 radical (unpaired) electrons. The maximum Gasteiger partial charge on any atom is 0.369 e. The minimum atomic E-state index is -3.88. The van der Waals surface area contributed by atoms with Crippen LogP contribution in [0.1, 0.15) is 5.69 Å². The topological polar surface area (TPSA) is 79.8 Å². The third-order valence-corrected chi connectivity index (χ3v) is 2.53. The number of carbonyl (C=O) groups excluding carboxylic acids is 1. The van der Waals surface area contributed by atoms with Crippen molar-refractivity contribution in [2.45, 2.75) is 5.92 Å². The van der Waals surface area contributed by atoms with E-state index in [1.807, 2.05) is 5.43 Å². The van der Waals surface area contributed by atoms with E-state index in [4.69, 9.17) is 19.4 Å². The first-order chi connectivity index (χ1) is 9.89. The zero-order valence-electron chi connectivity index (χ0n) is 10.3. The fourth-order valence-electron chi connectivity index (χ4n) is 1.28. The lowest BCUT2D eigenvalue weighted by molar-refractivity contribution is -0.147. The first kappa shape index (κ1) is 15.1. The van der Waals surface area contributed by atoms with E-state index in [1.165, 1.54) is 18.3 Å². The summed E-state index contributed by atoms with van der Waals surface area (Å²) in [4.78, 5) is 15.3. The van der Waals surface area contributed by atoms with Gasteiger partial charge in [-0.25, -0.2) is 4.98 Å². The van der Waals surface area contributed by atoms with Crippen LogP contribution < -0.4 is 16.3 Å². The van der Waals surface area contributed by atoms with Crippen molar-refractivity contribution in [2.75, 3.05) is 5.43 Å². The molecule has 0 aliphatic heterocycles. The zero-order valence-corrected chi connectivity index (χ0v) is 11.1. The second-order valence-corrected chi connectivity index (χ2v) is 4.26. The number of hydrogen-bond donors (Lipinski definition) is 2. The molecule has 0 spiro atoms. The maximum atomic E-state index is 13.8. The van der Waals surface area contributed by atoms with E-state index >= 15 is 0 Å². The van der Waals surface area contributed by atoms with E-state index in [9.17, 15) is 13.6 Å². The molecule has 2 N–H and O–H groups in total. The zero-order chi connectivity index (χ0) is 15.5. The van der Waals surface area contributed by atoms with Crippen LogP contribution >= 0.6 is 11.6 Å². The lowest BCUT2D eigenvalue weighted by Crippen LogP contribution is -2.42. The summed E-state index contributed by atoms with van der Waals surface area (Å²) >= 11 is 5.45. The number of rotatable bonds is 4. The van der Waals surface area contributed by atoms with Gasteiger partial charge >= 0.3 is 11.8 Å². The number of hydrazine groups is 1. The van der Waals surface area contributed by atoms with Gasteiger partial charge in [-0.1, -0.05) is 23.1 Å². The van der Waals surface area contributed by atoms with E-state index in [1.54, 1.807) is 0 Å². The summed E-state index contributed by atoms with van der Waals surface area (Å²) in [5.41, 5.74) is 3.64. The molecule has 2 heterocycles. The van der Waals surface area contributed by atoms with Crippen molar-refractivity contribution in [3.05, 3.63) is 41.3 Å². The Balaban J connectivity index is 2.04. The molecule has 0 aliphatic rings. The van der Waals surface area contributed by atoms with Crippen LogP contribution in [0.15, 0.2) is 30.5 Å². The molecule has 2 rings (SSSR count). The number of carbonyl (C=O) groups is 1. The van der Waals surface area contributed by atoms with Crippen LogP contribution in [0.2, 0.25) is 5.15 Å². The van der Waals surface area contributed by atoms with E-state index in [-0.39, 0.29) is 11.0 Å². The molecule has 0 saturated carbocycles. The standard InChI is InChI=1S/C11H7BClF2N5O/c12-6-1-4-9(16-5-6)19-20-10(21)11(14,15)7-2-3-8(13)18-17-7/h1-5H,(H,16,19)(H,20,21). The smallest absolute Gasteiger partial charge is 0.282 e. The van der Waals surface area contributed by atoms with Crippen molar-refractivity contribution in [1.29, 1.82) is 0 Å². The Morgan fingerprint density at radius 1 is 1.24 bits per heavy atom. The van der Waals surface area contributed by atoms with Crippen LogP contribution in [0.3, 0.4) is 0 Å². The van der Waals surface area contributed by atoms with Crippen molar-refractivity contribution in [3.8, 4) is 0 Å². The van der Waals surface area contributed by atoms with E-state index < -0.39 is 17.5 Å². The number of nitrogens with zero attached hydrogens (tertiary/aromatic N) is 3. The number of pyridine rings is 1. The third kappa shape index (κ3) is 3.63. The Hall–Kier alpha value is -2.29. The number of hydrogen-bond acceptors (Lipinski definition) is 5. The van der Waals surface area contributed by atoms with Gasteiger partial charge in [-0.15, -0.1) is 10.2 Å². The van der Waals surface area contributed by atoms with E-state index in [2.05, 4.69) is 20.6 Å². The van der Waals surface area contributed by atoms with Crippen LogP contribution in [0.5, 0.6) is 0 Å². The highest BCUT2D eigenvalue weighted by Crippen LogP contribution is 2.26. The van der Waals surface area contributed by atoms with Crippen molar-refractivity contribution in [2.24, 2.45) is 0 Å². The van der Waals surface area contributed by atoms with Crippen LogP contribution in [0.4, 0.5) is 14.6 Å². The second kappa shape index (κ2) is 6.00. The average Bonchev–Trinajstić information content (AvgIpc) is 2.46. The maximum absolute atomic E-state index is 13.8. The van der Waals surface area contributed by atoms with Gasteiger partial charge in [-0.2, -0.15) is 8.78 Å². The summed E-state index contributed by atoms with van der Waals surface area (Å²) in [5.74, 6) is -5.34. The van der Waals surface area contributed by atoms with Gasteiger partial charge in [0, 0.05) is 6.20 Å². The van der Waals surface area contributed by atoms with Crippen LogP contribution in [-0.2, 0) is 10.7 Å². The number of nitrogens with one attached hydrogen (secondary N) is 2. The molecule has 21 heavy (non-hydrogen) atoms. The first-order valence-electron chi connectivity index (χ1n) is 5.55. The highest BCUT2D eigenvalue weighted by atomic mass is 35.5. The Morgan fingerprint density at radius 2 is 2.00 bits per heavy atom. The molecule has 0 bridgehead atoms. The lowest BCUT2D eigenvalue weighted by Gasteiger charge is -2.15. The summed E-state index contributed by atoms with van der Waals surface area (Å²) in [7, 11) is 5.42. The van der Waals surface area contributed by atoms with Gasteiger partial charge in [0.1, 0.15) is 19.4 Å². The predicted octanol–water partition coefficient (Wildman–Crippen LogP) is 0.554. The SMILES string of the molecule is [B]c1ccc(NNC(=O)C(F)(F)c2ccc(Cl)nn2)nc1. The Kier molecular flexibility index (Phi) is 4.32. The van der Waals surface area contributed by atoms with E-state index in [0.717, 1.165) is 12.1 Å². The first-order valence-corrected chi connectivity index (χ1v) is 5.93. The third-order valence-electron chi connectivity index (χ3n) is 2.33. The van der Waals surface area contributed by atoms with Gasteiger partial charge in [0.25, 0.3) is 0 Å². The van der Waals surface area contributed by atoms with E-state index in [0.29, 0.717) is 5.46 Å². The number of alkyl halides is 2. The fraction of sp³-hybridized carbons (Fsp3) is 0.0909. The van der Waals surface area contributed by atoms with Gasteiger partial charge in [-0.3, -0.25) is 15.6 Å².